The first-order valence-electron chi connectivity index (χ1n) is 9.22. The fraction of sp³-hybridized carbons (Fsp3) is 0.167. The minimum Gasteiger partial charge on any atom is -0.303 e. The molecular formula is C24H22N2O. The van der Waals surface area contributed by atoms with Gasteiger partial charge in [-0.25, -0.2) is 0 Å². The molecule has 1 heterocycles. The molecule has 3 aromatic rings. The number of benzene rings is 3. The molecule has 0 aliphatic carbocycles. The molecule has 0 saturated heterocycles. The minimum absolute atomic E-state index is 0.0255. The third-order valence-corrected chi connectivity index (χ3v) is 5.00. The maximum Gasteiger partial charge on any atom is 0.224 e. The molecule has 1 aliphatic heterocycles. The number of anilines is 1. The van der Waals surface area contributed by atoms with Crippen LogP contribution in [-0.4, -0.2) is 11.6 Å². The predicted octanol–water partition coefficient (Wildman–Crippen LogP) is 5.61. The highest BCUT2D eigenvalue weighted by molar-refractivity contribution is 6.07. The van der Waals surface area contributed by atoms with Gasteiger partial charge in [0.15, 0.2) is 0 Å². The van der Waals surface area contributed by atoms with Gasteiger partial charge in [0, 0.05) is 13.3 Å². The Morgan fingerprint density at radius 2 is 1.59 bits per heavy atom. The van der Waals surface area contributed by atoms with Gasteiger partial charge in [-0.05, 0) is 30.2 Å². The zero-order valence-corrected chi connectivity index (χ0v) is 15.6. The number of aliphatic imine (C=N–C) groups is 1. The summed E-state index contributed by atoms with van der Waals surface area (Å²) in [5.74, 6) is 0.0255. The smallest absolute Gasteiger partial charge is 0.224 e. The molecular weight excluding hydrogens is 332 g/mol. The molecule has 27 heavy (non-hydrogen) atoms. The van der Waals surface area contributed by atoms with Gasteiger partial charge < -0.3 is 4.90 Å². The topological polar surface area (TPSA) is 32.7 Å². The van der Waals surface area contributed by atoms with Gasteiger partial charge in [-0.3, -0.25) is 9.79 Å². The highest BCUT2D eigenvalue weighted by Crippen LogP contribution is 2.40. The number of aryl methyl sites for hydroxylation is 1. The Morgan fingerprint density at radius 3 is 2.30 bits per heavy atom. The summed E-state index contributed by atoms with van der Waals surface area (Å²) in [5.41, 5.74) is 6.12. The van der Waals surface area contributed by atoms with Crippen molar-refractivity contribution in [2.24, 2.45) is 4.99 Å². The lowest BCUT2D eigenvalue weighted by molar-refractivity contribution is -0.117. The van der Waals surface area contributed by atoms with Gasteiger partial charge >= 0.3 is 0 Å². The van der Waals surface area contributed by atoms with Crippen LogP contribution in [-0.2, 0) is 4.79 Å². The number of nitrogens with zero attached hydrogens (tertiary/aromatic N) is 2. The highest BCUT2D eigenvalue weighted by atomic mass is 16.2. The summed E-state index contributed by atoms with van der Waals surface area (Å²) in [7, 11) is 0. The standard InChI is InChI=1S/C24H22N2O/c1-17-12-14-20(15-13-17)24-16-22(19-8-4-3-5-9-19)25-21-10-6-7-11-23(21)26(24)18(2)27/h3-15,24H,16H2,1-2H3. The molecule has 0 bridgehead atoms. The lowest BCUT2D eigenvalue weighted by Gasteiger charge is -2.30. The van der Waals surface area contributed by atoms with Gasteiger partial charge in [0.25, 0.3) is 0 Å². The van der Waals surface area contributed by atoms with E-state index < -0.39 is 0 Å². The number of hydrogen-bond donors (Lipinski definition) is 0. The van der Waals surface area contributed by atoms with Crippen molar-refractivity contribution in [3.63, 3.8) is 0 Å². The van der Waals surface area contributed by atoms with Crippen LogP contribution in [0.25, 0.3) is 0 Å². The minimum atomic E-state index is -0.0919. The normalized spacial score (nSPS) is 16.3. The first-order valence-corrected chi connectivity index (χ1v) is 9.22. The van der Waals surface area contributed by atoms with Crippen LogP contribution in [0.2, 0.25) is 0 Å². The van der Waals surface area contributed by atoms with E-state index in [1.54, 1.807) is 6.92 Å². The number of carbonyl (C=O) groups excluding carboxylic acids is 1. The third kappa shape index (κ3) is 3.41. The van der Waals surface area contributed by atoms with Crippen LogP contribution >= 0.6 is 0 Å². The fourth-order valence-electron chi connectivity index (χ4n) is 3.65. The van der Waals surface area contributed by atoms with Crippen molar-refractivity contribution in [3.05, 3.63) is 95.6 Å². The average Bonchev–Trinajstić information content (AvgIpc) is 2.86. The van der Waals surface area contributed by atoms with Crippen molar-refractivity contribution in [3.8, 4) is 0 Å². The summed E-state index contributed by atoms with van der Waals surface area (Å²) in [4.78, 5) is 19.5. The monoisotopic (exact) mass is 354 g/mol. The van der Waals surface area contributed by atoms with Crippen molar-refractivity contribution in [1.82, 2.24) is 0 Å². The second-order valence-electron chi connectivity index (χ2n) is 6.93. The Balaban J connectivity index is 1.90. The van der Waals surface area contributed by atoms with Gasteiger partial charge in [0.2, 0.25) is 5.91 Å². The Kier molecular flexibility index (Phi) is 4.59. The Hall–Kier alpha value is -3.20. The van der Waals surface area contributed by atoms with Crippen LogP contribution in [0.1, 0.15) is 36.1 Å². The Bertz CT molecular complexity index is 990. The second-order valence-corrected chi connectivity index (χ2v) is 6.93. The zero-order chi connectivity index (χ0) is 18.8. The van der Waals surface area contributed by atoms with Crippen molar-refractivity contribution >= 4 is 23.0 Å². The van der Waals surface area contributed by atoms with E-state index in [9.17, 15) is 4.79 Å². The van der Waals surface area contributed by atoms with Crippen molar-refractivity contribution in [2.75, 3.05) is 4.90 Å². The van der Waals surface area contributed by atoms with Gasteiger partial charge in [-0.1, -0.05) is 72.3 Å². The molecule has 0 spiro atoms. The molecule has 0 aromatic heterocycles. The molecule has 3 aromatic carbocycles. The van der Waals surface area contributed by atoms with E-state index in [1.165, 1.54) is 5.56 Å². The molecule has 1 atom stereocenters. The molecule has 0 N–H and O–H groups in total. The van der Waals surface area contributed by atoms with E-state index in [2.05, 4.69) is 43.3 Å². The number of para-hydroxylation sites is 2. The summed E-state index contributed by atoms with van der Waals surface area (Å²) in [6.45, 7) is 3.71. The molecule has 1 unspecified atom stereocenters. The predicted molar refractivity (Wildman–Crippen MR) is 111 cm³/mol. The number of fused-ring (bicyclic) bond motifs is 1. The molecule has 1 amide bonds. The van der Waals surface area contributed by atoms with Gasteiger partial charge in [0.05, 0.1) is 23.1 Å². The van der Waals surface area contributed by atoms with Crippen molar-refractivity contribution in [2.45, 2.75) is 26.3 Å². The highest BCUT2D eigenvalue weighted by Gasteiger charge is 2.30. The van der Waals surface area contributed by atoms with Crippen molar-refractivity contribution in [1.29, 1.82) is 0 Å². The number of amides is 1. The molecule has 0 radical (unpaired) electrons. The van der Waals surface area contributed by atoms with E-state index in [0.29, 0.717) is 6.42 Å². The fourth-order valence-corrected chi connectivity index (χ4v) is 3.65. The van der Waals surface area contributed by atoms with Crippen LogP contribution in [0.5, 0.6) is 0 Å². The van der Waals surface area contributed by atoms with Crippen LogP contribution in [0.3, 0.4) is 0 Å². The van der Waals surface area contributed by atoms with E-state index in [0.717, 1.165) is 28.2 Å². The van der Waals surface area contributed by atoms with Crippen LogP contribution in [0, 0.1) is 6.92 Å². The second kappa shape index (κ2) is 7.20. The largest absolute Gasteiger partial charge is 0.303 e. The Morgan fingerprint density at radius 1 is 0.926 bits per heavy atom. The van der Waals surface area contributed by atoms with Crippen LogP contribution < -0.4 is 4.90 Å². The summed E-state index contributed by atoms with van der Waals surface area (Å²) < 4.78 is 0. The van der Waals surface area contributed by atoms with E-state index in [1.807, 2.05) is 47.4 Å². The van der Waals surface area contributed by atoms with Crippen LogP contribution in [0.15, 0.2) is 83.9 Å². The van der Waals surface area contributed by atoms with E-state index in [4.69, 9.17) is 4.99 Å². The summed E-state index contributed by atoms with van der Waals surface area (Å²) >= 11 is 0. The molecule has 4 rings (SSSR count). The lowest BCUT2D eigenvalue weighted by atomic mass is 9.95. The third-order valence-electron chi connectivity index (χ3n) is 5.00. The van der Waals surface area contributed by atoms with E-state index in [-0.39, 0.29) is 11.9 Å². The van der Waals surface area contributed by atoms with Gasteiger partial charge in [0.1, 0.15) is 0 Å². The molecule has 0 fully saturated rings. The molecule has 3 heteroatoms. The number of hydrogen-bond acceptors (Lipinski definition) is 2. The van der Waals surface area contributed by atoms with Crippen LogP contribution in [0.4, 0.5) is 11.4 Å². The summed E-state index contributed by atoms with van der Waals surface area (Å²) in [5, 5.41) is 0. The van der Waals surface area contributed by atoms with Gasteiger partial charge in [-0.15, -0.1) is 0 Å². The molecule has 134 valence electrons. The maximum atomic E-state index is 12.7. The SMILES string of the molecule is CC(=O)N1c2ccccc2N=C(c2ccccc2)CC1c1ccc(C)cc1. The number of carbonyl (C=O) groups is 1. The first kappa shape index (κ1) is 17.2. The first-order chi connectivity index (χ1) is 13.1. The quantitative estimate of drug-likeness (QED) is 0.588. The average molecular weight is 354 g/mol. The zero-order valence-electron chi connectivity index (χ0n) is 15.6. The van der Waals surface area contributed by atoms with E-state index >= 15 is 0 Å². The number of rotatable bonds is 2. The van der Waals surface area contributed by atoms with Crippen molar-refractivity contribution < 1.29 is 4.79 Å². The Labute approximate surface area is 160 Å². The molecule has 0 saturated carbocycles. The lowest BCUT2D eigenvalue weighted by Crippen LogP contribution is -2.33. The molecule has 1 aliphatic rings. The maximum absolute atomic E-state index is 12.7. The summed E-state index contributed by atoms with van der Waals surface area (Å²) in [6, 6.07) is 26.5. The van der Waals surface area contributed by atoms with Gasteiger partial charge in [-0.2, -0.15) is 0 Å². The molecule has 3 nitrogen and oxygen atoms in total. The summed E-state index contributed by atoms with van der Waals surface area (Å²) in [6.07, 6.45) is 0.668.